The summed E-state index contributed by atoms with van der Waals surface area (Å²) in [7, 11) is 1.87. The molecule has 7 heteroatoms. The van der Waals surface area contributed by atoms with Gasteiger partial charge in [-0.05, 0) is 62.9 Å². The fourth-order valence-corrected chi connectivity index (χ4v) is 4.57. The van der Waals surface area contributed by atoms with Gasteiger partial charge in [-0.3, -0.25) is 4.79 Å². The maximum absolute atomic E-state index is 12.2. The van der Waals surface area contributed by atoms with E-state index in [1.54, 1.807) is 4.90 Å². The molecule has 0 unspecified atom stereocenters. The van der Waals surface area contributed by atoms with Gasteiger partial charge in [0.2, 0.25) is 5.91 Å². The van der Waals surface area contributed by atoms with Crippen LogP contribution >= 0.6 is 24.8 Å². The number of halogens is 2. The van der Waals surface area contributed by atoms with E-state index >= 15 is 0 Å². The monoisotopic (exact) mass is 479 g/mol. The Labute approximate surface area is 204 Å². The maximum atomic E-state index is 12.2. The highest BCUT2D eigenvalue weighted by molar-refractivity contribution is 5.96. The topological polar surface area (TPSA) is 53.6 Å². The van der Waals surface area contributed by atoms with Crippen molar-refractivity contribution in [2.24, 2.45) is 0 Å². The number of fused-ring (bicyclic) bond motifs is 1. The van der Waals surface area contributed by atoms with E-state index in [0.717, 1.165) is 42.8 Å². The zero-order valence-electron chi connectivity index (χ0n) is 19.1. The molecule has 176 valence electrons. The highest BCUT2D eigenvalue weighted by Crippen LogP contribution is 2.34. The molecule has 1 amide bonds. The minimum absolute atomic E-state index is 0. The van der Waals surface area contributed by atoms with E-state index in [9.17, 15) is 4.79 Å². The number of nitrogens with zero attached hydrogens (tertiary/aromatic N) is 1. The number of hydrogen-bond acceptors (Lipinski definition) is 4. The SMILES string of the molecule is CC(C)Oc1cc2c(cc1CN[C@H]1CCCN[C@H]1c1ccccc1)N(C)C(=O)CC2.Cl.Cl. The molecule has 2 atom stereocenters. The zero-order valence-corrected chi connectivity index (χ0v) is 20.7. The number of anilines is 1. The third-order valence-corrected chi connectivity index (χ3v) is 6.14. The van der Waals surface area contributed by atoms with Gasteiger partial charge < -0.3 is 20.3 Å². The predicted octanol–water partition coefficient (Wildman–Crippen LogP) is 4.81. The number of hydrogen-bond donors (Lipinski definition) is 2. The zero-order chi connectivity index (χ0) is 21.1. The Morgan fingerprint density at radius 1 is 1.16 bits per heavy atom. The van der Waals surface area contributed by atoms with Gasteiger partial charge in [-0.15, -0.1) is 24.8 Å². The number of aryl methyl sites for hydroxylation is 1. The van der Waals surface area contributed by atoms with Gasteiger partial charge in [0.05, 0.1) is 6.10 Å². The first-order valence-electron chi connectivity index (χ1n) is 11.1. The van der Waals surface area contributed by atoms with Crippen molar-refractivity contribution in [1.29, 1.82) is 0 Å². The summed E-state index contributed by atoms with van der Waals surface area (Å²) >= 11 is 0. The molecule has 0 radical (unpaired) electrons. The standard InChI is InChI=1S/C25H33N3O2.2ClH/c1-17(2)30-23-15-19-11-12-24(29)28(3)22(19)14-20(23)16-27-21-10-7-13-26-25(21)18-8-5-4-6-9-18;;/h4-6,8-9,14-15,17,21,25-27H,7,10-13,16H2,1-3H3;2*1H/t21-,25-;;/m0../s1. The summed E-state index contributed by atoms with van der Waals surface area (Å²) in [5.74, 6) is 1.11. The van der Waals surface area contributed by atoms with Crippen LogP contribution in [0.2, 0.25) is 0 Å². The normalized spacial score (nSPS) is 20.2. The third kappa shape index (κ3) is 5.96. The molecule has 2 aliphatic heterocycles. The number of ether oxygens (including phenoxy) is 1. The van der Waals surface area contributed by atoms with Crippen LogP contribution in [-0.2, 0) is 17.8 Å². The average molecular weight is 480 g/mol. The van der Waals surface area contributed by atoms with Gasteiger partial charge in [0, 0.05) is 43.3 Å². The van der Waals surface area contributed by atoms with Crippen LogP contribution in [0, 0.1) is 0 Å². The van der Waals surface area contributed by atoms with Gasteiger partial charge >= 0.3 is 0 Å². The molecule has 0 spiro atoms. The minimum Gasteiger partial charge on any atom is -0.491 e. The Bertz CT molecular complexity index is 892. The van der Waals surface area contributed by atoms with E-state index in [4.69, 9.17) is 4.74 Å². The van der Waals surface area contributed by atoms with Crippen molar-refractivity contribution in [3.05, 3.63) is 59.2 Å². The first kappa shape index (κ1) is 26.5. The molecule has 5 nitrogen and oxygen atoms in total. The quantitative estimate of drug-likeness (QED) is 0.623. The van der Waals surface area contributed by atoms with E-state index in [2.05, 4.69) is 66.9 Å². The van der Waals surface area contributed by atoms with Crippen LogP contribution in [0.1, 0.15) is 55.8 Å². The van der Waals surface area contributed by atoms with E-state index in [0.29, 0.717) is 25.0 Å². The van der Waals surface area contributed by atoms with Gasteiger partial charge in [-0.2, -0.15) is 0 Å². The fourth-order valence-electron chi connectivity index (χ4n) is 4.57. The van der Waals surface area contributed by atoms with E-state index in [1.165, 1.54) is 11.1 Å². The lowest BCUT2D eigenvalue weighted by Crippen LogP contribution is -2.45. The van der Waals surface area contributed by atoms with Crippen LogP contribution in [0.4, 0.5) is 5.69 Å². The molecule has 2 aliphatic rings. The van der Waals surface area contributed by atoms with Crippen molar-refractivity contribution in [3.8, 4) is 5.75 Å². The second-order valence-corrected chi connectivity index (χ2v) is 8.68. The van der Waals surface area contributed by atoms with Crippen LogP contribution in [-0.4, -0.2) is 31.6 Å². The molecule has 0 aromatic heterocycles. The fraction of sp³-hybridized carbons (Fsp3) is 0.480. The van der Waals surface area contributed by atoms with Crippen LogP contribution in [0.3, 0.4) is 0 Å². The summed E-state index contributed by atoms with van der Waals surface area (Å²) < 4.78 is 6.17. The lowest BCUT2D eigenvalue weighted by molar-refractivity contribution is -0.118. The van der Waals surface area contributed by atoms with Crippen molar-refractivity contribution in [2.75, 3.05) is 18.5 Å². The first-order valence-corrected chi connectivity index (χ1v) is 11.1. The Kier molecular flexibility index (Phi) is 9.83. The summed E-state index contributed by atoms with van der Waals surface area (Å²) in [5, 5.41) is 7.47. The molecule has 2 aromatic carbocycles. The van der Waals surface area contributed by atoms with Crippen LogP contribution < -0.4 is 20.3 Å². The first-order chi connectivity index (χ1) is 14.5. The number of rotatable bonds is 6. The molecule has 2 heterocycles. The van der Waals surface area contributed by atoms with Crippen LogP contribution in [0.15, 0.2) is 42.5 Å². The highest BCUT2D eigenvalue weighted by atomic mass is 35.5. The van der Waals surface area contributed by atoms with Gasteiger partial charge in [-0.25, -0.2) is 0 Å². The number of benzene rings is 2. The summed E-state index contributed by atoms with van der Waals surface area (Å²) in [6.07, 6.45) is 3.75. The number of carbonyl (C=O) groups is 1. The van der Waals surface area contributed by atoms with Crippen molar-refractivity contribution in [1.82, 2.24) is 10.6 Å². The van der Waals surface area contributed by atoms with E-state index in [1.807, 2.05) is 7.05 Å². The van der Waals surface area contributed by atoms with E-state index < -0.39 is 0 Å². The predicted molar refractivity (Wildman–Crippen MR) is 135 cm³/mol. The lowest BCUT2D eigenvalue weighted by Gasteiger charge is -2.34. The molecule has 4 rings (SSSR count). The number of nitrogens with one attached hydrogen (secondary N) is 2. The lowest BCUT2D eigenvalue weighted by atomic mass is 9.92. The van der Waals surface area contributed by atoms with Gasteiger partial charge in [-0.1, -0.05) is 30.3 Å². The number of carbonyl (C=O) groups excluding carboxylic acids is 1. The highest BCUT2D eigenvalue weighted by Gasteiger charge is 2.27. The van der Waals surface area contributed by atoms with Crippen molar-refractivity contribution in [2.45, 2.75) is 64.3 Å². The second-order valence-electron chi connectivity index (χ2n) is 8.68. The Morgan fingerprint density at radius 3 is 2.62 bits per heavy atom. The second kappa shape index (κ2) is 11.9. The number of amides is 1. The van der Waals surface area contributed by atoms with Crippen molar-refractivity contribution >= 4 is 36.4 Å². The molecule has 32 heavy (non-hydrogen) atoms. The summed E-state index contributed by atoms with van der Waals surface area (Å²) in [6, 6.07) is 15.6. The van der Waals surface area contributed by atoms with Gasteiger partial charge in [0.1, 0.15) is 5.75 Å². The van der Waals surface area contributed by atoms with E-state index in [-0.39, 0.29) is 36.8 Å². The Morgan fingerprint density at radius 2 is 1.91 bits per heavy atom. The largest absolute Gasteiger partial charge is 0.491 e. The molecule has 0 saturated carbocycles. The molecule has 1 fully saturated rings. The summed E-state index contributed by atoms with van der Waals surface area (Å²) in [6.45, 7) is 5.88. The summed E-state index contributed by atoms with van der Waals surface area (Å²) in [4.78, 5) is 14.0. The molecule has 2 aromatic rings. The molecular formula is C25H35Cl2N3O2. The summed E-state index contributed by atoms with van der Waals surface area (Å²) in [5.41, 5.74) is 4.64. The smallest absolute Gasteiger partial charge is 0.227 e. The minimum atomic E-state index is 0. The number of piperidine rings is 1. The third-order valence-electron chi connectivity index (χ3n) is 6.14. The van der Waals surface area contributed by atoms with Crippen molar-refractivity contribution < 1.29 is 9.53 Å². The molecule has 2 N–H and O–H groups in total. The molecule has 0 aliphatic carbocycles. The van der Waals surface area contributed by atoms with Crippen LogP contribution in [0.25, 0.3) is 0 Å². The van der Waals surface area contributed by atoms with Gasteiger partial charge in [0.15, 0.2) is 0 Å². The van der Waals surface area contributed by atoms with Crippen molar-refractivity contribution in [3.63, 3.8) is 0 Å². The van der Waals surface area contributed by atoms with Crippen LogP contribution in [0.5, 0.6) is 5.75 Å². The molecular weight excluding hydrogens is 445 g/mol. The Hall–Kier alpha value is -1.79. The maximum Gasteiger partial charge on any atom is 0.227 e. The average Bonchev–Trinajstić information content (AvgIpc) is 2.76. The molecule has 0 bridgehead atoms. The Balaban J connectivity index is 0.00000181. The molecule has 1 saturated heterocycles. The van der Waals surface area contributed by atoms with Gasteiger partial charge in [0.25, 0.3) is 0 Å².